The molecule has 0 heterocycles. The van der Waals surface area contributed by atoms with E-state index in [0.717, 1.165) is 0 Å². The summed E-state index contributed by atoms with van der Waals surface area (Å²) >= 11 is 0. The molecule has 0 spiro atoms. The van der Waals surface area contributed by atoms with Gasteiger partial charge < -0.3 is 54.9 Å². The standard InChI is InChI=1S/2ClH.4H3N.H2O.6Pt/h2*1H;4*1H3;1H2;;;;;;/p-2. The van der Waals surface area contributed by atoms with E-state index < -0.39 is 0 Å². The maximum absolute atomic E-state index is 0. The summed E-state index contributed by atoms with van der Waals surface area (Å²) in [5.74, 6) is 0. The average Bonchev–Trinajstić information content (AvgIpc) is 0. The molecule has 0 atom stereocenters. The van der Waals surface area contributed by atoms with E-state index in [1.807, 2.05) is 0 Å². The van der Waals surface area contributed by atoms with E-state index in [-0.39, 0.29) is 181 Å². The SMILES string of the molecule is N.N.N.N.O.[Cl-].[Cl-].[Pt].[Pt].[Pt].[Pt].[Pt].[Pt]. The van der Waals surface area contributed by atoms with Crippen LogP contribution in [-0.2, 0) is 126 Å². The molecule has 0 fully saturated rings. The molecule has 13 heavy (non-hydrogen) atoms. The third-order valence-electron chi connectivity index (χ3n) is 0. The third kappa shape index (κ3) is 171. The second-order valence-corrected chi connectivity index (χ2v) is 0. The van der Waals surface area contributed by atoms with Crippen molar-refractivity contribution in [2.75, 3.05) is 0 Å². The fourth-order valence-corrected chi connectivity index (χ4v) is 0. The van der Waals surface area contributed by atoms with Gasteiger partial charge in [0.2, 0.25) is 0 Å². The van der Waals surface area contributed by atoms with Gasteiger partial charge in [-0.25, -0.2) is 0 Å². The molecule has 0 radical (unpaired) electrons. The molecule has 0 unspecified atom stereocenters. The molecular weight excluding hydrogens is 1310 g/mol. The summed E-state index contributed by atoms with van der Waals surface area (Å²) in [4.78, 5) is 0. The van der Waals surface area contributed by atoms with E-state index in [9.17, 15) is 0 Å². The van der Waals surface area contributed by atoms with Crippen LogP contribution in [0.2, 0.25) is 0 Å². The first-order valence-corrected chi connectivity index (χ1v) is 0. The molecule has 116 valence electrons. The molecule has 0 rings (SSSR count). The topological polar surface area (TPSA) is 172 Å². The molecular formula is H14Cl2N4OPt6-2. The fourth-order valence-electron chi connectivity index (χ4n) is 0. The minimum absolute atomic E-state index is 0. The zero-order valence-corrected chi connectivity index (χ0v) is 21.1. The van der Waals surface area contributed by atoms with Crippen LogP contribution in [0.5, 0.6) is 0 Å². The molecule has 0 saturated carbocycles. The molecule has 0 aliphatic heterocycles. The molecule has 0 aliphatic carbocycles. The first-order valence-electron chi connectivity index (χ1n) is 0. The van der Waals surface area contributed by atoms with Crippen molar-refractivity contribution >= 4 is 0 Å². The third-order valence-corrected chi connectivity index (χ3v) is 0. The Morgan fingerprint density at radius 1 is 0.308 bits per heavy atom. The predicted molar refractivity (Wildman–Crippen MR) is 23.7 cm³/mol. The van der Waals surface area contributed by atoms with Gasteiger partial charge in [0.05, 0.1) is 0 Å². The van der Waals surface area contributed by atoms with Gasteiger partial charge in [0, 0.05) is 126 Å². The van der Waals surface area contributed by atoms with Gasteiger partial charge >= 0.3 is 0 Å². The smallest absolute Gasteiger partial charge is 0 e. The number of hydrogen-bond donors (Lipinski definition) is 4. The van der Waals surface area contributed by atoms with E-state index in [0.29, 0.717) is 0 Å². The van der Waals surface area contributed by atoms with E-state index in [1.165, 1.54) is 0 Å². The summed E-state index contributed by atoms with van der Waals surface area (Å²) in [6.45, 7) is 0. The largest absolute Gasteiger partial charge is 1.00 e. The number of halogens is 2. The minimum Gasteiger partial charge on any atom is -1.00 e. The fraction of sp³-hybridized carbons (Fsp3) is 0. The van der Waals surface area contributed by atoms with E-state index in [1.54, 1.807) is 0 Å². The first kappa shape index (κ1) is 235. The van der Waals surface area contributed by atoms with Crippen molar-refractivity contribution in [3.8, 4) is 0 Å². The first-order chi connectivity index (χ1) is 0. The Morgan fingerprint density at radius 3 is 0.308 bits per heavy atom. The van der Waals surface area contributed by atoms with Gasteiger partial charge in [0.25, 0.3) is 0 Å². The summed E-state index contributed by atoms with van der Waals surface area (Å²) in [5.41, 5.74) is 0. The van der Waals surface area contributed by atoms with Crippen LogP contribution in [0.1, 0.15) is 0 Å². The van der Waals surface area contributed by atoms with Crippen molar-refractivity contribution in [1.29, 1.82) is 0 Å². The van der Waals surface area contributed by atoms with Crippen LogP contribution in [0.15, 0.2) is 0 Å². The Bertz CT molecular complexity index is 22.6. The van der Waals surface area contributed by atoms with Crippen molar-refractivity contribution in [3.05, 3.63) is 0 Å². The molecule has 14 N–H and O–H groups in total. The average molecular weight is 1330 g/mol. The quantitative estimate of drug-likeness (QED) is 0.190. The Morgan fingerprint density at radius 2 is 0.308 bits per heavy atom. The minimum atomic E-state index is 0. The van der Waals surface area contributed by atoms with E-state index >= 15 is 0 Å². The maximum Gasteiger partial charge on any atom is 0 e. The van der Waals surface area contributed by atoms with Gasteiger partial charge in [-0.1, -0.05) is 0 Å². The molecule has 0 saturated heterocycles. The van der Waals surface area contributed by atoms with Gasteiger partial charge in [-0.2, -0.15) is 0 Å². The predicted octanol–water partition coefficient (Wildman–Crippen LogP) is -6.18. The molecule has 0 aromatic heterocycles. The van der Waals surface area contributed by atoms with Gasteiger partial charge in [-0.3, -0.25) is 0 Å². The normalized spacial score (nSPS) is 0. The summed E-state index contributed by atoms with van der Waals surface area (Å²) in [5, 5.41) is 0. The Kier molecular flexibility index (Phi) is 3520. The molecule has 0 aromatic carbocycles. The number of rotatable bonds is 0. The molecule has 0 amide bonds. The summed E-state index contributed by atoms with van der Waals surface area (Å²) in [6.07, 6.45) is 0. The number of hydrogen-bond acceptors (Lipinski definition) is 4. The second kappa shape index (κ2) is 195. The van der Waals surface area contributed by atoms with Crippen LogP contribution < -0.4 is 49.4 Å². The zero-order chi connectivity index (χ0) is 0. The second-order valence-electron chi connectivity index (χ2n) is 0. The van der Waals surface area contributed by atoms with Crippen LogP contribution in [0.3, 0.4) is 0 Å². The molecule has 0 bridgehead atoms. The summed E-state index contributed by atoms with van der Waals surface area (Å²) in [6, 6.07) is 0. The van der Waals surface area contributed by atoms with Crippen LogP contribution in [0.4, 0.5) is 0 Å². The van der Waals surface area contributed by atoms with Gasteiger partial charge in [-0.05, 0) is 0 Å². The van der Waals surface area contributed by atoms with Crippen molar-refractivity contribution < 1.29 is 157 Å². The van der Waals surface area contributed by atoms with Crippen molar-refractivity contribution in [2.24, 2.45) is 0 Å². The van der Waals surface area contributed by atoms with Gasteiger partial charge in [0.1, 0.15) is 0 Å². The summed E-state index contributed by atoms with van der Waals surface area (Å²) in [7, 11) is 0. The summed E-state index contributed by atoms with van der Waals surface area (Å²) < 4.78 is 0. The Labute approximate surface area is 178 Å². The maximum atomic E-state index is 0. The van der Waals surface area contributed by atoms with Crippen molar-refractivity contribution in [3.63, 3.8) is 0 Å². The zero-order valence-electron chi connectivity index (χ0n) is 5.98. The van der Waals surface area contributed by atoms with Gasteiger partial charge in [0.15, 0.2) is 0 Å². The van der Waals surface area contributed by atoms with Crippen LogP contribution in [0.25, 0.3) is 0 Å². The van der Waals surface area contributed by atoms with Crippen LogP contribution >= 0.6 is 0 Å². The van der Waals surface area contributed by atoms with Gasteiger partial charge in [-0.15, -0.1) is 0 Å². The Hall–Kier alpha value is 4.51. The molecule has 0 aliphatic rings. The molecule has 13 heteroatoms. The van der Waals surface area contributed by atoms with E-state index in [2.05, 4.69) is 0 Å². The van der Waals surface area contributed by atoms with Crippen molar-refractivity contribution in [2.45, 2.75) is 0 Å². The molecule has 0 aromatic rings. The monoisotopic (exact) mass is 1330 g/mol. The van der Waals surface area contributed by atoms with E-state index in [4.69, 9.17) is 0 Å². The van der Waals surface area contributed by atoms with Crippen LogP contribution in [-0.4, -0.2) is 5.48 Å². The Balaban J connectivity index is 0. The van der Waals surface area contributed by atoms with Crippen LogP contribution in [0, 0.1) is 0 Å². The van der Waals surface area contributed by atoms with Crippen molar-refractivity contribution in [1.82, 2.24) is 24.6 Å². The molecule has 5 nitrogen and oxygen atoms in total.